The van der Waals surface area contributed by atoms with Gasteiger partial charge in [0.25, 0.3) is 0 Å². The van der Waals surface area contributed by atoms with E-state index in [4.69, 9.17) is 9.84 Å². The van der Waals surface area contributed by atoms with Gasteiger partial charge in [-0.3, -0.25) is 0 Å². The first-order chi connectivity index (χ1) is 9.01. The van der Waals surface area contributed by atoms with Crippen molar-refractivity contribution in [2.24, 2.45) is 0 Å². The molecule has 0 fully saturated rings. The van der Waals surface area contributed by atoms with Gasteiger partial charge in [0.1, 0.15) is 11.9 Å². The van der Waals surface area contributed by atoms with Gasteiger partial charge in [-0.05, 0) is 31.5 Å². The summed E-state index contributed by atoms with van der Waals surface area (Å²) >= 11 is 0. The molecule has 1 aromatic carbocycles. The fourth-order valence-corrected chi connectivity index (χ4v) is 1.67. The molecule has 2 atom stereocenters. The van der Waals surface area contributed by atoms with Crippen molar-refractivity contribution in [1.82, 2.24) is 0 Å². The van der Waals surface area contributed by atoms with Crippen LogP contribution >= 0.6 is 0 Å². The summed E-state index contributed by atoms with van der Waals surface area (Å²) in [6, 6.07) is 3.23. The molecule has 6 heteroatoms. The minimum Gasteiger partial charge on any atom is -0.462 e. The van der Waals surface area contributed by atoms with Gasteiger partial charge in [0.05, 0.1) is 18.3 Å². The number of carbonyl (C=O) groups is 1. The highest BCUT2D eigenvalue weighted by Gasteiger charge is 2.24. The Balaban J connectivity index is 3.09. The van der Waals surface area contributed by atoms with E-state index in [2.05, 4.69) is 0 Å². The molecule has 0 aliphatic heterocycles. The zero-order valence-corrected chi connectivity index (χ0v) is 10.5. The summed E-state index contributed by atoms with van der Waals surface area (Å²) in [6.45, 7) is 1.44. The Kier molecular flexibility index (Phi) is 5.88. The molecule has 0 amide bonds. The molecule has 0 bridgehead atoms. The molecule has 1 rings (SSSR count). The second-order valence-electron chi connectivity index (χ2n) is 3.98. The fourth-order valence-electron chi connectivity index (χ4n) is 1.67. The second kappa shape index (κ2) is 7.18. The van der Waals surface area contributed by atoms with Gasteiger partial charge in [0, 0.05) is 12.2 Å². The predicted molar refractivity (Wildman–Crippen MR) is 65.0 cm³/mol. The van der Waals surface area contributed by atoms with Gasteiger partial charge in [-0.25, -0.2) is 9.18 Å². The zero-order chi connectivity index (χ0) is 14.4. The summed E-state index contributed by atoms with van der Waals surface area (Å²) in [5, 5.41) is 28.2. The van der Waals surface area contributed by atoms with E-state index >= 15 is 0 Å². The lowest BCUT2D eigenvalue weighted by Gasteiger charge is -2.19. The Morgan fingerprint density at radius 2 is 2.11 bits per heavy atom. The van der Waals surface area contributed by atoms with Crippen LogP contribution in [0.15, 0.2) is 18.2 Å². The number of rotatable bonds is 6. The molecule has 1 aromatic rings. The van der Waals surface area contributed by atoms with Gasteiger partial charge in [0.15, 0.2) is 0 Å². The van der Waals surface area contributed by atoms with Crippen molar-refractivity contribution in [2.75, 3.05) is 13.2 Å². The molecule has 19 heavy (non-hydrogen) atoms. The van der Waals surface area contributed by atoms with Crippen LogP contribution in [0, 0.1) is 5.82 Å². The number of hydrogen-bond donors (Lipinski definition) is 3. The summed E-state index contributed by atoms with van der Waals surface area (Å²) < 4.78 is 18.0. The van der Waals surface area contributed by atoms with Crippen LogP contribution < -0.4 is 0 Å². The van der Waals surface area contributed by atoms with Gasteiger partial charge in [-0.1, -0.05) is 0 Å². The Morgan fingerprint density at radius 1 is 1.42 bits per heavy atom. The van der Waals surface area contributed by atoms with Crippen LogP contribution in [0.2, 0.25) is 0 Å². The van der Waals surface area contributed by atoms with Crippen molar-refractivity contribution in [3.05, 3.63) is 35.1 Å². The van der Waals surface area contributed by atoms with Crippen molar-refractivity contribution in [2.45, 2.75) is 25.6 Å². The molecular weight excluding hydrogens is 255 g/mol. The summed E-state index contributed by atoms with van der Waals surface area (Å²) in [6.07, 6.45) is -2.85. The van der Waals surface area contributed by atoms with Gasteiger partial charge in [-0.2, -0.15) is 0 Å². The SMILES string of the molecule is CCOC(=O)c1ccc(F)cc1C(O)C(O)CCO. The lowest BCUT2D eigenvalue weighted by Crippen LogP contribution is -2.22. The van der Waals surface area contributed by atoms with E-state index in [1.54, 1.807) is 6.92 Å². The highest BCUT2D eigenvalue weighted by atomic mass is 19.1. The zero-order valence-electron chi connectivity index (χ0n) is 10.5. The van der Waals surface area contributed by atoms with E-state index < -0.39 is 24.0 Å². The van der Waals surface area contributed by atoms with Crippen molar-refractivity contribution in [1.29, 1.82) is 0 Å². The van der Waals surface area contributed by atoms with Crippen LogP contribution in [0.5, 0.6) is 0 Å². The molecule has 0 radical (unpaired) electrons. The normalized spacial score (nSPS) is 13.9. The average Bonchev–Trinajstić information content (AvgIpc) is 2.38. The van der Waals surface area contributed by atoms with Crippen molar-refractivity contribution < 1.29 is 29.2 Å². The molecule has 0 aliphatic carbocycles. The summed E-state index contributed by atoms with van der Waals surface area (Å²) in [7, 11) is 0. The van der Waals surface area contributed by atoms with Crippen molar-refractivity contribution in [3.63, 3.8) is 0 Å². The molecule has 0 spiro atoms. The van der Waals surface area contributed by atoms with Crippen LogP contribution in [0.3, 0.4) is 0 Å². The number of aliphatic hydroxyl groups is 3. The minimum absolute atomic E-state index is 0.00672. The number of hydrogen-bond acceptors (Lipinski definition) is 5. The van der Waals surface area contributed by atoms with Crippen LogP contribution in [0.25, 0.3) is 0 Å². The second-order valence-corrected chi connectivity index (χ2v) is 3.98. The maximum Gasteiger partial charge on any atom is 0.338 e. The Labute approximate surface area is 110 Å². The number of ether oxygens (including phenoxy) is 1. The number of aliphatic hydroxyl groups excluding tert-OH is 3. The fraction of sp³-hybridized carbons (Fsp3) is 0.462. The summed E-state index contributed by atoms with van der Waals surface area (Å²) in [5.74, 6) is -1.34. The molecule has 106 valence electrons. The third-order valence-electron chi connectivity index (χ3n) is 2.62. The predicted octanol–water partition coefficient (Wildman–Crippen LogP) is 0.779. The standard InChI is InChI=1S/C13H17FO5/c1-2-19-13(18)9-4-3-8(14)7-10(9)12(17)11(16)5-6-15/h3-4,7,11-12,15-17H,2,5-6H2,1H3. The van der Waals surface area contributed by atoms with Gasteiger partial charge in [0.2, 0.25) is 0 Å². The molecular formula is C13H17FO5. The van der Waals surface area contributed by atoms with E-state index in [9.17, 15) is 19.4 Å². The van der Waals surface area contributed by atoms with Crippen molar-refractivity contribution >= 4 is 5.97 Å². The summed E-state index contributed by atoms with van der Waals surface area (Å²) in [4.78, 5) is 11.7. The first kappa shape index (κ1) is 15.6. The quantitative estimate of drug-likeness (QED) is 0.666. The highest BCUT2D eigenvalue weighted by molar-refractivity contribution is 5.91. The summed E-state index contributed by atoms with van der Waals surface area (Å²) in [5.41, 5.74) is -0.0628. The van der Waals surface area contributed by atoms with Crippen LogP contribution in [-0.4, -0.2) is 40.6 Å². The van der Waals surface area contributed by atoms with Crippen LogP contribution in [0.1, 0.15) is 35.4 Å². The van der Waals surface area contributed by atoms with Crippen LogP contribution in [-0.2, 0) is 4.74 Å². The lowest BCUT2D eigenvalue weighted by atomic mass is 9.97. The molecule has 0 saturated heterocycles. The van der Waals surface area contributed by atoms with Crippen molar-refractivity contribution in [3.8, 4) is 0 Å². The molecule has 0 heterocycles. The number of halogens is 1. The average molecular weight is 272 g/mol. The van der Waals surface area contributed by atoms with E-state index in [0.717, 1.165) is 12.1 Å². The number of carbonyl (C=O) groups excluding carboxylic acids is 1. The van der Waals surface area contributed by atoms with Gasteiger partial charge in [-0.15, -0.1) is 0 Å². The van der Waals surface area contributed by atoms with Gasteiger partial charge >= 0.3 is 5.97 Å². The number of benzene rings is 1. The third kappa shape index (κ3) is 3.99. The highest BCUT2D eigenvalue weighted by Crippen LogP contribution is 2.24. The minimum atomic E-state index is -1.47. The number of esters is 1. The smallest absolute Gasteiger partial charge is 0.338 e. The molecule has 5 nitrogen and oxygen atoms in total. The van der Waals surface area contributed by atoms with Gasteiger partial charge < -0.3 is 20.1 Å². The van der Waals surface area contributed by atoms with E-state index in [-0.39, 0.29) is 30.8 Å². The monoisotopic (exact) mass is 272 g/mol. The molecule has 0 saturated carbocycles. The third-order valence-corrected chi connectivity index (χ3v) is 2.62. The largest absolute Gasteiger partial charge is 0.462 e. The first-order valence-electron chi connectivity index (χ1n) is 5.94. The lowest BCUT2D eigenvalue weighted by molar-refractivity contribution is 0.00306. The first-order valence-corrected chi connectivity index (χ1v) is 5.94. The molecule has 0 aromatic heterocycles. The molecule has 0 aliphatic rings. The Hall–Kier alpha value is -1.50. The Bertz CT molecular complexity index is 435. The molecule has 3 N–H and O–H groups in total. The van der Waals surface area contributed by atoms with E-state index in [0.29, 0.717) is 0 Å². The molecule has 2 unspecified atom stereocenters. The van der Waals surface area contributed by atoms with E-state index in [1.807, 2.05) is 0 Å². The Morgan fingerprint density at radius 3 is 2.68 bits per heavy atom. The maximum absolute atomic E-state index is 13.2. The van der Waals surface area contributed by atoms with Crippen LogP contribution in [0.4, 0.5) is 4.39 Å². The maximum atomic E-state index is 13.2. The van der Waals surface area contributed by atoms with E-state index in [1.165, 1.54) is 6.07 Å². The topological polar surface area (TPSA) is 87.0 Å².